The Balaban J connectivity index is 2.70. The van der Waals surface area contributed by atoms with Gasteiger partial charge in [-0.3, -0.25) is 4.79 Å². The number of carbonyl (C=O) groups is 1. The van der Waals surface area contributed by atoms with Crippen molar-refractivity contribution in [2.24, 2.45) is 0 Å². The summed E-state index contributed by atoms with van der Waals surface area (Å²) >= 11 is 5.81. The van der Waals surface area contributed by atoms with Crippen LogP contribution in [0.25, 0.3) is 0 Å². The van der Waals surface area contributed by atoms with Gasteiger partial charge in [0.1, 0.15) is 12.7 Å². The second-order valence-electron chi connectivity index (χ2n) is 4.75. The number of anilines is 1. The van der Waals surface area contributed by atoms with Gasteiger partial charge >= 0.3 is 0 Å². The van der Waals surface area contributed by atoms with Gasteiger partial charge < -0.3 is 10.1 Å². The first kappa shape index (κ1) is 14.5. The molecular formula is C13H15ClN2O2. The molecule has 0 aromatic heterocycles. The zero-order chi connectivity index (χ0) is 13.8. The third-order valence-corrected chi connectivity index (χ3v) is 2.25. The highest BCUT2D eigenvalue weighted by molar-refractivity contribution is 6.31. The van der Waals surface area contributed by atoms with Gasteiger partial charge in [-0.15, -0.1) is 0 Å². The average Bonchev–Trinajstić information content (AvgIpc) is 2.26. The summed E-state index contributed by atoms with van der Waals surface area (Å²) in [6.45, 7) is 5.52. The molecule has 1 aromatic rings. The van der Waals surface area contributed by atoms with Crippen LogP contribution in [0.1, 0.15) is 26.3 Å². The summed E-state index contributed by atoms with van der Waals surface area (Å²) in [5.74, 6) is -0.316. The second-order valence-corrected chi connectivity index (χ2v) is 5.19. The van der Waals surface area contributed by atoms with E-state index >= 15 is 0 Å². The summed E-state index contributed by atoms with van der Waals surface area (Å²) in [7, 11) is 0. The number of rotatable bonds is 3. The van der Waals surface area contributed by atoms with Gasteiger partial charge in [-0.1, -0.05) is 11.6 Å². The van der Waals surface area contributed by atoms with E-state index in [0.29, 0.717) is 16.3 Å². The summed E-state index contributed by atoms with van der Waals surface area (Å²) in [5.41, 5.74) is 0.375. The molecule has 0 spiro atoms. The van der Waals surface area contributed by atoms with E-state index in [2.05, 4.69) is 5.32 Å². The summed E-state index contributed by atoms with van der Waals surface area (Å²) in [6, 6.07) is 6.68. The minimum atomic E-state index is -0.385. The molecule has 4 nitrogen and oxygen atoms in total. The van der Waals surface area contributed by atoms with Crippen LogP contribution < -0.4 is 5.32 Å². The maximum atomic E-state index is 11.6. The molecule has 0 radical (unpaired) electrons. The van der Waals surface area contributed by atoms with Crippen molar-refractivity contribution in [2.75, 3.05) is 11.9 Å². The SMILES string of the molecule is CC(C)(C)OCC(=O)Nc1cc(Cl)ccc1C#N. The Morgan fingerprint density at radius 2 is 2.17 bits per heavy atom. The number of benzene rings is 1. The van der Waals surface area contributed by atoms with E-state index in [0.717, 1.165) is 0 Å². The molecule has 0 bridgehead atoms. The Morgan fingerprint density at radius 1 is 1.50 bits per heavy atom. The third kappa shape index (κ3) is 4.74. The first-order valence-corrected chi connectivity index (χ1v) is 5.83. The molecule has 5 heteroatoms. The lowest BCUT2D eigenvalue weighted by Crippen LogP contribution is -2.27. The number of hydrogen-bond donors (Lipinski definition) is 1. The zero-order valence-corrected chi connectivity index (χ0v) is 11.3. The number of nitrogens with one attached hydrogen (secondary N) is 1. The molecule has 0 aliphatic heterocycles. The zero-order valence-electron chi connectivity index (χ0n) is 10.6. The lowest BCUT2D eigenvalue weighted by Gasteiger charge is -2.19. The molecule has 18 heavy (non-hydrogen) atoms. The smallest absolute Gasteiger partial charge is 0.250 e. The van der Waals surface area contributed by atoms with Gasteiger partial charge in [0.2, 0.25) is 5.91 Å². The van der Waals surface area contributed by atoms with Crippen molar-refractivity contribution in [3.63, 3.8) is 0 Å². The lowest BCUT2D eigenvalue weighted by atomic mass is 10.2. The normalized spacial score (nSPS) is 10.8. The van der Waals surface area contributed by atoms with Crippen molar-refractivity contribution in [3.05, 3.63) is 28.8 Å². The number of ether oxygens (including phenoxy) is 1. The van der Waals surface area contributed by atoms with Crippen molar-refractivity contribution in [2.45, 2.75) is 26.4 Å². The first-order valence-electron chi connectivity index (χ1n) is 5.45. The Hall–Kier alpha value is -1.57. The molecule has 0 fully saturated rings. The number of nitrogens with zero attached hydrogens (tertiary/aromatic N) is 1. The van der Waals surface area contributed by atoms with Crippen molar-refractivity contribution < 1.29 is 9.53 Å². The highest BCUT2D eigenvalue weighted by atomic mass is 35.5. The molecule has 0 saturated heterocycles. The van der Waals surface area contributed by atoms with E-state index in [1.165, 1.54) is 6.07 Å². The second kappa shape index (κ2) is 5.85. The Bertz CT molecular complexity index is 487. The number of nitriles is 1. The summed E-state index contributed by atoms with van der Waals surface area (Å²) in [5, 5.41) is 12.0. The van der Waals surface area contributed by atoms with E-state index in [1.807, 2.05) is 26.8 Å². The topological polar surface area (TPSA) is 62.1 Å². The van der Waals surface area contributed by atoms with Crippen LogP contribution in [0, 0.1) is 11.3 Å². The van der Waals surface area contributed by atoms with E-state index in [-0.39, 0.29) is 18.1 Å². The molecule has 0 saturated carbocycles. The highest BCUT2D eigenvalue weighted by Gasteiger charge is 2.14. The van der Waals surface area contributed by atoms with Crippen molar-refractivity contribution in [1.82, 2.24) is 0 Å². The molecule has 0 unspecified atom stereocenters. The maximum absolute atomic E-state index is 11.6. The summed E-state index contributed by atoms with van der Waals surface area (Å²) < 4.78 is 5.34. The molecule has 96 valence electrons. The Labute approximate surface area is 112 Å². The largest absolute Gasteiger partial charge is 0.366 e. The third-order valence-electron chi connectivity index (χ3n) is 2.01. The molecule has 0 aliphatic carbocycles. The van der Waals surface area contributed by atoms with E-state index < -0.39 is 0 Å². The number of amides is 1. The fourth-order valence-corrected chi connectivity index (χ4v) is 1.36. The fourth-order valence-electron chi connectivity index (χ4n) is 1.19. The monoisotopic (exact) mass is 266 g/mol. The number of halogens is 1. The predicted octanol–water partition coefficient (Wildman–Crippen LogP) is 2.97. The van der Waals surface area contributed by atoms with Gasteiger partial charge in [0.15, 0.2) is 0 Å². The Morgan fingerprint density at radius 3 is 2.72 bits per heavy atom. The molecular weight excluding hydrogens is 252 g/mol. The van der Waals surface area contributed by atoms with Gasteiger partial charge in [-0.2, -0.15) is 5.26 Å². The van der Waals surface area contributed by atoms with Gasteiger partial charge in [-0.25, -0.2) is 0 Å². The average molecular weight is 267 g/mol. The molecule has 1 N–H and O–H groups in total. The van der Waals surface area contributed by atoms with E-state index in [9.17, 15) is 4.79 Å². The standard InChI is InChI=1S/C13H15ClN2O2/c1-13(2,3)18-8-12(17)16-11-6-10(14)5-4-9(11)7-15/h4-6H,8H2,1-3H3,(H,16,17). The van der Waals surface area contributed by atoms with Crippen LogP contribution in [-0.4, -0.2) is 18.1 Å². The molecule has 0 heterocycles. The Kier molecular flexibility index (Phi) is 4.71. The van der Waals surface area contributed by atoms with Crippen LogP contribution in [0.5, 0.6) is 0 Å². The summed E-state index contributed by atoms with van der Waals surface area (Å²) in [6.07, 6.45) is 0. The van der Waals surface area contributed by atoms with Crippen LogP contribution >= 0.6 is 11.6 Å². The fraction of sp³-hybridized carbons (Fsp3) is 0.385. The lowest BCUT2D eigenvalue weighted by molar-refractivity contribution is -0.125. The van der Waals surface area contributed by atoms with Crippen LogP contribution in [0.2, 0.25) is 5.02 Å². The van der Waals surface area contributed by atoms with E-state index in [4.69, 9.17) is 21.6 Å². The van der Waals surface area contributed by atoms with Gasteiger partial charge in [0.05, 0.1) is 16.9 Å². The van der Waals surface area contributed by atoms with Crippen LogP contribution in [0.4, 0.5) is 5.69 Å². The van der Waals surface area contributed by atoms with Crippen molar-refractivity contribution >= 4 is 23.2 Å². The molecule has 0 atom stereocenters. The van der Waals surface area contributed by atoms with Gasteiger partial charge in [0, 0.05) is 5.02 Å². The molecule has 1 amide bonds. The van der Waals surface area contributed by atoms with Crippen molar-refractivity contribution in [1.29, 1.82) is 5.26 Å². The van der Waals surface area contributed by atoms with Crippen LogP contribution in [-0.2, 0) is 9.53 Å². The highest BCUT2D eigenvalue weighted by Crippen LogP contribution is 2.20. The predicted molar refractivity (Wildman–Crippen MR) is 70.5 cm³/mol. The maximum Gasteiger partial charge on any atom is 0.250 e. The molecule has 1 rings (SSSR count). The minimum Gasteiger partial charge on any atom is -0.366 e. The molecule has 1 aromatic carbocycles. The number of carbonyl (C=O) groups excluding carboxylic acids is 1. The van der Waals surface area contributed by atoms with E-state index in [1.54, 1.807) is 12.1 Å². The minimum absolute atomic E-state index is 0.0686. The van der Waals surface area contributed by atoms with Gasteiger partial charge in [-0.05, 0) is 39.0 Å². The first-order chi connectivity index (χ1) is 8.31. The van der Waals surface area contributed by atoms with Crippen LogP contribution in [0.3, 0.4) is 0 Å². The number of hydrogen-bond acceptors (Lipinski definition) is 3. The molecule has 0 aliphatic rings. The summed E-state index contributed by atoms with van der Waals surface area (Å²) in [4.78, 5) is 11.6. The quantitative estimate of drug-likeness (QED) is 0.915. The van der Waals surface area contributed by atoms with Crippen molar-refractivity contribution in [3.8, 4) is 6.07 Å². The van der Waals surface area contributed by atoms with Crippen LogP contribution in [0.15, 0.2) is 18.2 Å². The van der Waals surface area contributed by atoms with Gasteiger partial charge in [0.25, 0.3) is 0 Å².